The molecule has 3 atom stereocenters. The summed E-state index contributed by atoms with van der Waals surface area (Å²) in [6, 6.07) is 6.80. The van der Waals surface area contributed by atoms with E-state index < -0.39 is 12.1 Å². The zero-order valence-corrected chi connectivity index (χ0v) is 11.3. The minimum Gasteiger partial charge on any atom is -0.391 e. The van der Waals surface area contributed by atoms with Crippen LogP contribution in [0.15, 0.2) is 24.3 Å². The van der Waals surface area contributed by atoms with E-state index in [0.717, 1.165) is 36.8 Å². The van der Waals surface area contributed by atoms with Crippen LogP contribution in [0.2, 0.25) is 0 Å². The molecule has 4 heteroatoms. The van der Waals surface area contributed by atoms with Crippen molar-refractivity contribution < 1.29 is 9.90 Å². The first kappa shape index (κ1) is 14.0. The second kappa shape index (κ2) is 6.17. The summed E-state index contributed by atoms with van der Waals surface area (Å²) in [5, 5.41) is 12.7. The molecule has 1 aromatic carbocycles. The first-order valence-corrected chi connectivity index (χ1v) is 6.88. The number of hydrogen-bond donors (Lipinski definition) is 3. The quantitative estimate of drug-likeness (QED) is 0.771. The van der Waals surface area contributed by atoms with E-state index >= 15 is 0 Å². The van der Waals surface area contributed by atoms with Crippen molar-refractivity contribution in [3.05, 3.63) is 35.4 Å². The van der Waals surface area contributed by atoms with Gasteiger partial charge in [0.25, 0.3) is 0 Å². The van der Waals surface area contributed by atoms with Gasteiger partial charge in [0.2, 0.25) is 5.91 Å². The Labute approximate surface area is 114 Å². The molecule has 0 heterocycles. The average Bonchev–Trinajstić information content (AvgIpc) is 2.41. The van der Waals surface area contributed by atoms with Gasteiger partial charge in [-0.15, -0.1) is 0 Å². The predicted molar refractivity (Wildman–Crippen MR) is 74.5 cm³/mol. The van der Waals surface area contributed by atoms with Crippen molar-refractivity contribution in [3.8, 4) is 0 Å². The zero-order valence-electron chi connectivity index (χ0n) is 11.3. The number of rotatable bonds is 3. The fourth-order valence-corrected chi connectivity index (χ4v) is 2.48. The molecule has 0 aliphatic heterocycles. The van der Waals surface area contributed by atoms with E-state index in [9.17, 15) is 9.90 Å². The summed E-state index contributed by atoms with van der Waals surface area (Å²) in [6.07, 6.45) is 3.21. The molecule has 0 spiro atoms. The Morgan fingerprint density at radius 2 is 1.95 bits per heavy atom. The van der Waals surface area contributed by atoms with Gasteiger partial charge in [-0.05, 0) is 25.3 Å². The van der Waals surface area contributed by atoms with Gasteiger partial charge in [0.05, 0.1) is 12.1 Å². The maximum atomic E-state index is 12.1. The Morgan fingerprint density at radius 1 is 1.32 bits per heavy atom. The number of carbonyl (C=O) groups is 1. The molecule has 0 saturated heterocycles. The van der Waals surface area contributed by atoms with Gasteiger partial charge in [-0.25, -0.2) is 0 Å². The first-order valence-electron chi connectivity index (χ1n) is 6.88. The molecule has 1 aliphatic rings. The van der Waals surface area contributed by atoms with Gasteiger partial charge in [0.15, 0.2) is 0 Å². The monoisotopic (exact) mass is 262 g/mol. The van der Waals surface area contributed by atoms with Gasteiger partial charge in [0.1, 0.15) is 6.04 Å². The van der Waals surface area contributed by atoms with Gasteiger partial charge in [0, 0.05) is 0 Å². The van der Waals surface area contributed by atoms with Crippen molar-refractivity contribution in [2.24, 2.45) is 5.73 Å². The largest absolute Gasteiger partial charge is 0.391 e. The molecule has 1 amide bonds. The van der Waals surface area contributed by atoms with E-state index in [0.29, 0.717) is 0 Å². The summed E-state index contributed by atoms with van der Waals surface area (Å²) in [5.74, 6) is -0.213. The third-order valence-corrected chi connectivity index (χ3v) is 3.78. The number of amides is 1. The maximum Gasteiger partial charge on any atom is 0.241 e. The Balaban J connectivity index is 1.97. The molecule has 1 fully saturated rings. The molecule has 4 nitrogen and oxygen atoms in total. The Kier molecular flexibility index (Phi) is 4.56. The zero-order chi connectivity index (χ0) is 13.8. The highest BCUT2D eigenvalue weighted by atomic mass is 16.3. The summed E-state index contributed by atoms with van der Waals surface area (Å²) >= 11 is 0. The van der Waals surface area contributed by atoms with Crippen LogP contribution in [-0.2, 0) is 4.79 Å². The van der Waals surface area contributed by atoms with Gasteiger partial charge in [-0.2, -0.15) is 0 Å². The van der Waals surface area contributed by atoms with E-state index in [4.69, 9.17) is 5.73 Å². The van der Waals surface area contributed by atoms with Gasteiger partial charge >= 0.3 is 0 Å². The molecular formula is C15H22N2O2. The van der Waals surface area contributed by atoms with Gasteiger partial charge in [-0.1, -0.05) is 42.7 Å². The molecule has 104 valence electrons. The SMILES string of the molecule is Cc1ccc(C(N)C(=O)N[C@H]2CCCC[C@@H]2O)cc1. The lowest BCUT2D eigenvalue weighted by Gasteiger charge is -2.29. The second-order valence-corrected chi connectivity index (χ2v) is 5.36. The third kappa shape index (κ3) is 3.55. The summed E-state index contributed by atoms with van der Waals surface area (Å²) in [6.45, 7) is 1.99. The lowest BCUT2D eigenvalue weighted by molar-refractivity contribution is -0.124. The number of aliphatic hydroxyl groups excluding tert-OH is 1. The normalized spacial score (nSPS) is 24.8. The molecule has 0 bridgehead atoms. The molecule has 1 aromatic rings. The Morgan fingerprint density at radius 3 is 2.58 bits per heavy atom. The van der Waals surface area contributed by atoms with Gasteiger partial charge in [-0.3, -0.25) is 4.79 Å². The minimum atomic E-state index is -0.672. The fourth-order valence-electron chi connectivity index (χ4n) is 2.48. The summed E-state index contributed by atoms with van der Waals surface area (Å²) in [5.41, 5.74) is 7.90. The third-order valence-electron chi connectivity index (χ3n) is 3.78. The Bertz CT molecular complexity index is 430. The molecule has 19 heavy (non-hydrogen) atoms. The van der Waals surface area contributed by atoms with Crippen LogP contribution in [0, 0.1) is 6.92 Å². The minimum absolute atomic E-state index is 0.155. The lowest BCUT2D eigenvalue weighted by atomic mass is 9.92. The molecule has 0 radical (unpaired) electrons. The molecule has 1 saturated carbocycles. The van der Waals surface area contributed by atoms with Gasteiger partial charge < -0.3 is 16.2 Å². The highest BCUT2D eigenvalue weighted by Crippen LogP contribution is 2.19. The van der Waals surface area contributed by atoms with Crippen molar-refractivity contribution >= 4 is 5.91 Å². The number of aliphatic hydroxyl groups is 1. The summed E-state index contributed by atoms with van der Waals surface area (Å²) in [4.78, 5) is 12.1. The van der Waals surface area contributed by atoms with Crippen LogP contribution >= 0.6 is 0 Å². The van der Waals surface area contributed by atoms with Crippen molar-refractivity contribution in [2.75, 3.05) is 0 Å². The number of nitrogens with two attached hydrogens (primary N) is 1. The number of hydrogen-bond acceptors (Lipinski definition) is 3. The van der Waals surface area contributed by atoms with Crippen LogP contribution in [0.5, 0.6) is 0 Å². The molecule has 0 aromatic heterocycles. The first-order chi connectivity index (χ1) is 9.08. The highest BCUT2D eigenvalue weighted by molar-refractivity contribution is 5.83. The van der Waals surface area contributed by atoms with Crippen molar-refractivity contribution in [1.82, 2.24) is 5.32 Å². The van der Waals surface area contributed by atoms with E-state index in [1.807, 2.05) is 31.2 Å². The average molecular weight is 262 g/mol. The standard InChI is InChI=1S/C15H22N2O2/c1-10-6-8-11(9-7-10)14(16)15(19)17-12-4-2-3-5-13(12)18/h6-9,12-14,18H,2-5,16H2,1H3,(H,17,19)/t12-,13-,14?/m0/s1. The Hall–Kier alpha value is -1.39. The topological polar surface area (TPSA) is 75.4 Å². The van der Waals surface area contributed by atoms with E-state index in [1.165, 1.54) is 0 Å². The molecule has 4 N–H and O–H groups in total. The predicted octanol–water partition coefficient (Wildman–Crippen LogP) is 1.41. The van der Waals surface area contributed by atoms with Crippen molar-refractivity contribution in [2.45, 2.75) is 50.8 Å². The van der Waals surface area contributed by atoms with Crippen molar-refractivity contribution in [3.63, 3.8) is 0 Å². The highest BCUT2D eigenvalue weighted by Gasteiger charge is 2.26. The van der Waals surface area contributed by atoms with E-state index in [2.05, 4.69) is 5.32 Å². The second-order valence-electron chi connectivity index (χ2n) is 5.36. The number of nitrogens with one attached hydrogen (secondary N) is 1. The lowest BCUT2D eigenvalue weighted by Crippen LogP contribution is -2.48. The van der Waals surface area contributed by atoms with Crippen LogP contribution in [0.1, 0.15) is 42.9 Å². The molecule has 1 unspecified atom stereocenters. The van der Waals surface area contributed by atoms with Crippen LogP contribution in [0.4, 0.5) is 0 Å². The number of carbonyl (C=O) groups excluding carboxylic acids is 1. The van der Waals surface area contributed by atoms with Crippen LogP contribution in [0.25, 0.3) is 0 Å². The molecule has 2 rings (SSSR count). The van der Waals surface area contributed by atoms with Crippen molar-refractivity contribution in [1.29, 1.82) is 0 Å². The van der Waals surface area contributed by atoms with E-state index in [-0.39, 0.29) is 11.9 Å². The number of benzene rings is 1. The number of aryl methyl sites for hydroxylation is 1. The molecule has 1 aliphatic carbocycles. The smallest absolute Gasteiger partial charge is 0.241 e. The molecular weight excluding hydrogens is 240 g/mol. The van der Waals surface area contributed by atoms with E-state index in [1.54, 1.807) is 0 Å². The van der Waals surface area contributed by atoms with Crippen LogP contribution < -0.4 is 11.1 Å². The fraction of sp³-hybridized carbons (Fsp3) is 0.533. The van der Waals surface area contributed by atoms with Crippen LogP contribution in [-0.4, -0.2) is 23.2 Å². The summed E-state index contributed by atoms with van der Waals surface area (Å²) in [7, 11) is 0. The summed E-state index contributed by atoms with van der Waals surface area (Å²) < 4.78 is 0. The maximum absolute atomic E-state index is 12.1. The van der Waals surface area contributed by atoms with Crippen LogP contribution in [0.3, 0.4) is 0 Å².